The summed E-state index contributed by atoms with van der Waals surface area (Å²) in [5.74, 6) is -3.95. The van der Waals surface area contributed by atoms with Gasteiger partial charge in [-0.05, 0) is 12.5 Å². The summed E-state index contributed by atoms with van der Waals surface area (Å²) in [4.78, 5) is 19.6. The average Bonchev–Trinajstić information content (AvgIpc) is 2.68. The van der Waals surface area contributed by atoms with Crippen molar-refractivity contribution in [1.82, 2.24) is 4.98 Å². The molecule has 0 bridgehead atoms. The summed E-state index contributed by atoms with van der Waals surface area (Å²) in [6.45, 7) is 0.678. The highest BCUT2D eigenvalue weighted by atomic mass is 35.5. The van der Waals surface area contributed by atoms with Crippen molar-refractivity contribution in [2.45, 2.75) is 50.2 Å². The molecule has 2 fully saturated rings. The van der Waals surface area contributed by atoms with Crippen LogP contribution in [0, 0.1) is 0 Å². The number of hydrogen-bond acceptors (Lipinski definition) is 6. The van der Waals surface area contributed by atoms with Gasteiger partial charge in [-0.1, -0.05) is 11.6 Å². The van der Waals surface area contributed by atoms with Crippen molar-refractivity contribution in [3.63, 3.8) is 0 Å². The van der Waals surface area contributed by atoms with E-state index in [1.54, 1.807) is 12.1 Å². The molecule has 2 atom stereocenters. The molecule has 0 aromatic carbocycles. The first-order valence-electron chi connectivity index (χ1n) is 9.27. The molecule has 3 N–H and O–H groups in total. The fourth-order valence-electron chi connectivity index (χ4n) is 3.35. The Kier molecular flexibility index (Phi) is 6.69. The van der Waals surface area contributed by atoms with Crippen LogP contribution in [0.1, 0.15) is 32.1 Å². The Balaban J connectivity index is 1.65. The van der Waals surface area contributed by atoms with E-state index in [0.717, 1.165) is 0 Å². The monoisotopic (exact) mass is 429 g/mol. The van der Waals surface area contributed by atoms with E-state index in [0.29, 0.717) is 36.1 Å². The van der Waals surface area contributed by atoms with Crippen LogP contribution in [0.2, 0.25) is 5.02 Å². The van der Waals surface area contributed by atoms with Crippen molar-refractivity contribution in [1.29, 1.82) is 0 Å². The second-order valence-corrected chi connectivity index (χ2v) is 7.53. The number of carboxylic acid groups (broad SMARTS) is 1. The second-order valence-electron chi connectivity index (χ2n) is 7.09. The number of carbonyl (C=O) groups is 1. The molecule has 1 aromatic rings. The molecule has 0 radical (unpaired) electrons. The van der Waals surface area contributed by atoms with Crippen LogP contribution in [0.25, 0.3) is 0 Å². The lowest BCUT2D eigenvalue weighted by Gasteiger charge is -2.30. The first-order chi connectivity index (χ1) is 13.7. The molecule has 1 aromatic heterocycles. The summed E-state index contributed by atoms with van der Waals surface area (Å²) in [5, 5.41) is 9.61. The lowest BCUT2D eigenvalue weighted by molar-refractivity contribution is -0.132. The minimum Gasteiger partial charge on any atom is -0.477 e. The SMILES string of the molecule is NC(C(=O)O)=C1CC(F)(F)CCC1=NCC1CC(Oc2ccc(Cl)cn2)CCO1. The maximum atomic E-state index is 13.7. The Labute approximate surface area is 171 Å². The Bertz CT molecular complexity index is 814. The van der Waals surface area contributed by atoms with Crippen LogP contribution in [0.4, 0.5) is 8.78 Å². The molecule has 1 saturated heterocycles. The van der Waals surface area contributed by atoms with Gasteiger partial charge in [-0.2, -0.15) is 0 Å². The minimum atomic E-state index is -2.99. The van der Waals surface area contributed by atoms with E-state index in [1.165, 1.54) is 6.20 Å². The van der Waals surface area contributed by atoms with Crippen LogP contribution in [-0.2, 0) is 9.53 Å². The average molecular weight is 430 g/mol. The number of hydrogen-bond donors (Lipinski definition) is 2. The molecular weight excluding hydrogens is 408 g/mol. The van der Waals surface area contributed by atoms with Gasteiger partial charge in [0.2, 0.25) is 5.88 Å². The predicted octanol–water partition coefficient (Wildman–Crippen LogP) is 3.22. The van der Waals surface area contributed by atoms with Gasteiger partial charge < -0.3 is 20.3 Å². The molecule has 1 aliphatic heterocycles. The fourth-order valence-corrected chi connectivity index (χ4v) is 3.46. The third kappa shape index (κ3) is 5.86. The second kappa shape index (κ2) is 9.04. The van der Waals surface area contributed by atoms with Crippen molar-refractivity contribution < 1.29 is 28.2 Å². The van der Waals surface area contributed by atoms with Gasteiger partial charge in [-0.3, -0.25) is 4.99 Å². The maximum Gasteiger partial charge on any atom is 0.352 e. The standard InChI is InChI=1S/C19H22ClF2N3O4/c20-11-1-2-16(25-9-11)29-12-4-6-28-13(7-12)10-24-15-3-5-19(21,22)8-14(15)17(23)18(26)27/h1-2,9,12-13H,3-8,10,23H2,(H,26,27). The molecule has 29 heavy (non-hydrogen) atoms. The number of allylic oxidation sites excluding steroid dienone is 1. The van der Waals surface area contributed by atoms with Gasteiger partial charge in [0, 0.05) is 49.2 Å². The first-order valence-corrected chi connectivity index (χ1v) is 9.64. The van der Waals surface area contributed by atoms with Gasteiger partial charge >= 0.3 is 5.97 Å². The minimum absolute atomic E-state index is 0.0301. The van der Waals surface area contributed by atoms with Crippen molar-refractivity contribution in [2.75, 3.05) is 13.2 Å². The largest absolute Gasteiger partial charge is 0.477 e. The molecule has 2 aliphatic rings. The van der Waals surface area contributed by atoms with Crippen molar-refractivity contribution in [2.24, 2.45) is 10.7 Å². The number of pyridine rings is 1. The molecule has 0 spiro atoms. The molecule has 2 heterocycles. The fraction of sp³-hybridized carbons (Fsp3) is 0.526. The van der Waals surface area contributed by atoms with Gasteiger partial charge in [-0.15, -0.1) is 0 Å². The van der Waals surface area contributed by atoms with Crippen molar-refractivity contribution in [3.05, 3.63) is 34.6 Å². The van der Waals surface area contributed by atoms with Gasteiger partial charge in [0.15, 0.2) is 0 Å². The third-order valence-corrected chi connectivity index (χ3v) is 5.08. The van der Waals surface area contributed by atoms with E-state index in [2.05, 4.69) is 9.98 Å². The van der Waals surface area contributed by atoms with Gasteiger partial charge in [0.25, 0.3) is 5.92 Å². The third-order valence-electron chi connectivity index (χ3n) is 4.86. The molecule has 3 rings (SSSR count). The molecule has 0 amide bonds. The van der Waals surface area contributed by atoms with Gasteiger partial charge in [0.1, 0.15) is 11.8 Å². The Morgan fingerprint density at radius 2 is 2.28 bits per heavy atom. The van der Waals surface area contributed by atoms with Crippen LogP contribution in [0.3, 0.4) is 0 Å². The number of halogens is 3. The summed E-state index contributed by atoms with van der Waals surface area (Å²) in [5.41, 5.74) is 5.16. The normalized spacial score (nSPS) is 27.5. The van der Waals surface area contributed by atoms with Crippen LogP contribution >= 0.6 is 11.6 Å². The Morgan fingerprint density at radius 1 is 1.48 bits per heavy atom. The van der Waals surface area contributed by atoms with E-state index in [9.17, 15) is 13.6 Å². The number of ether oxygens (including phenoxy) is 2. The zero-order chi connectivity index (χ0) is 21.0. The van der Waals surface area contributed by atoms with Crippen molar-refractivity contribution in [3.8, 4) is 5.88 Å². The molecule has 10 heteroatoms. The number of aromatic nitrogens is 1. The molecule has 2 unspecified atom stereocenters. The van der Waals surface area contributed by atoms with Gasteiger partial charge in [-0.25, -0.2) is 18.6 Å². The van der Waals surface area contributed by atoms with Gasteiger partial charge in [0.05, 0.1) is 24.3 Å². The van der Waals surface area contributed by atoms with Crippen molar-refractivity contribution >= 4 is 23.3 Å². The lowest BCUT2D eigenvalue weighted by Crippen LogP contribution is -2.35. The molecule has 158 valence electrons. The number of rotatable bonds is 5. The number of alkyl halides is 2. The summed E-state index contributed by atoms with van der Waals surface area (Å²) >= 11 is 5.81. The highest BCUT2D eigenvalue weighted by Crippen LogP contribution is 2.36. The Hall–Kier alpha value is -2.26. The van der Waals surface area contributed by atoms with E-state index in [-0.39, 0.29) is 37.2 Å². The predicted molar refractivity (Wildman–Crippen MR) is 103 cm³/mol. The van der Waals surface area contributed by atoms with Crippen LogP contribution in [0.5, 0.6) is 5.88 Å². The van der Waals surface area contributed by atoms with E-state index < -0.39 is 24.0 Å². The number of aliphatic carboxylic acids is 1. The smallest absolute Gasteiger partial charge is 0.352 e. The zero-order valence-corrected chi connectivity index (χ0v) is 16.4. The topological polar surface area (TPSA) is 107 Å². The van der Waals surface area contributed by atoms with E-state index >= 15 is 0 Å². The van der Waals surface area contributed by atoms with Crippen LogP contribution < -0.4 is 10.5 Å². The number of nitrogens with zero attached hydrogens (tertiary/aromatic N) is 2. The first kappa shape index (κ1) is 21.4. The highest BCUT2D eigenvalue weighted by Gasteiger charge is 2.38. The van der Waals surface area contributed by atoms with E-state index in [1.807, 2.05) is 0 Å². The summed E-state index contributed by atoms with van der Waals surface area (Å²) in [6, 6.07) is 3.37. The zero-order valence-electron chi connectivity index (χ0n) is 15.6. The highest BCUT2D eigenvalue weighted by molar-refractivity contribution is 6.30. The molecule has 1 saturated carbocycles. The molecule has 7 nitrogen and oxygen atoms in total. The Morgan fingerprint density at radius 3 is 2.97 bits per heavy atom. The summed E-state index contributed by atoms with van der Waals surface area (Å²) in [6.07, 6.45) is 1.19. The number of nitrogens with two attached hydrogens (primary N) is 1. The maximum absolute atomic E-state index is 13.7. The van der Waals surface area contributed by atoms with E-state index in [4.69, 9.17) is 31.9 Å². The number of aliphatic imine (C=N–C) groups is 1. The summed E-state index contributed by atoms with van der Waals surface area (Å²) < 4.78 is 39.0. The molecular formula is C19H22ClF2N3O4. The van der Waals surface area contributed by atoms with Crippen LogP contribution in [0.15, 0.2) is 34.6 Å². The summed E-state index contributed by atoms with van der Waals surface area (Å²) in [7, 11) is 0. The quantitative estimate of drug-likeness (QED) is 0.696. The number of carboxylic acids is 1. The lowest BCUT2D eigenvalue weighted by atomic mass is 9.88. The molecule has 1 aliphatic carbocycles. The van der Waals surface area contributed by atoms with Crippen LogP contribution in [-0.4, -0.2) is 53.1 Å².